The highest BCUT2D eigenvalue weighted by Gasteiger charge is 2.27. The summed E-state index contributed by atoms with van der Waals surface area (Å²) in [4.78, 5) is 18.0. The zero-order valence-electron chi connectivity index (χ0n) is 18.4. The summed E-state index contributed by atoms with van der Waals surface area (Å²) in [6.07, 6.45) is 6.12. The van der Waals surface area contributed by atoms with Gasteiger partial charge in [-0.2, -0.15) is 0 Å². The summed E-state index contributed by atoms with van der Waals surface area (Å²) in [5.74, 6) is -0.482. The third kappa shape index (κ3) is 5.31. The van der Waals surface area contributed by atoms with Gasteiger partial charge in [0.15, 0.2) is 0 Å². The van der Waals surface area contributed by atoms with Gasteiger partial charge in [-0.05, 0) is 42.9 Å². The Bertz CT molecular complexity index is 867. The van der Waals surface area contributed by atoms with Crippen molar-refractivity contribution in [1.29, 1.82) is 0 Å². The van der Waals surface area contributed by atoms with E-state index < -0.39 is 0 Å². The number of aromatic nitrogens is 1. The average Bonchev–Trinajstić information content (AvgIpc) is 2.68. The van der Waals surface area contributed by atoms with Crippen LogP contribution in [0.5, 0.6) is 0 Å². The van der Waals surface area contributed by atoms with Gasteiger partial charge < -0.3 is 4.74 Å². The molecule has 3 nitrogen and oxygen atoms in total. The van der Waals surface area contributed by atoms with Gasteiger partial charge in [0.05, 0.1) is 23.6 Å². The number of halogens is 1. The molecule has 0 aliphatic carbocycles. The average molecular weight is 398 g/mol. The number of esters is 1. The van der Waals surface area contributed by atoms with E-state index in [1.165, 1.54) is 12.1 Å². The van der Waals surface area contributed by atoms with Crippen LogP contribution in [0.15, 0.2) is 30.3 Å². The van der Waals surface area contributed by atoms with Gasteiger partial charge in [0.2, 0.25) is 0 Å². The van der Waals surface area contributed by atoms with Crippen molar-refractivity contribution in [2.24, 2.45) is 0 Å². The summed E-state index contributed by atoms with van der Waals surface area (Å²) < 4.78 is 19.0. The van der Waals surface area contributed by atoms with Crippen LogP contribution in [-0.2, 0) is 4.74 Å². The van der Waals surface area contributed by atoms with Gasteiger partial charge in [0, 0.05) is 11.1 Å². The first-order chi connectivity index (χ1) is 13.8. The maximum absolute atomic E-state index is 13.6. The molecule has 1 heterocycles. The third-order valence-corrected chi connectivity index (χ3v) is 4.74. The van der Waals surface area contributed by atoms with E-state index in [4.69, 9.17) is 9.72 Å². The lowest BCUT2D eigenvalue weighted by atomic mass is 9.86. The fraction of sp³-hybridized carbons (Fsp3) is 0.440. The number of carbonyl (C=O) groups is 1. The fourth-order valence-electron chi connectivity index (χ4n) is 3.36. The molecule has 0 fully saturated rings. The predicted molar refractivity (Wildman–Crippen MR) is 118 cm³/mol. The van der Waals surface area contributed by atoms with Gasteiger partial charge >= 0.3 is 5.97 Å². The van der Waals surface area contributed by atoms with Crippen molar-refractivity contribution in [2.45, 2.75) is 66.2 Å². The van der Waals surface area contributed by atoms with Gasteiger partial charge in [-0.3, -0.25) is 4.98 Å². The van der Waals surface area contributed by atoms with Crippen LogP contribution in [0.2, 0.25) is 0 Å². The Balaban J connectivity index is 2.96. The highest BCUT2D eigenvalue weighted by atomic mass is 19.1. The molecule has 0 aliphatic heterocycles. The molecule has 1 aromatic carbocycles. The Morgan fingerprint density at radius 3 is 2.21 bits per heavy atom. The molecular weight excluding hydrogens is 365 g/mol. The summed E-state index contributed by atoms with van der Waals surface area (Å²) in [7, 11) is 0. The number of rotatable bonds is 8. The first kappa shape index (κ1) is 22.8. The fourth-order valence-corrected chi connectivity index (χ4v) is 3.36. The van der Waals surface area contributed by atoms with Crippen LogP contribution in [0.4, 0.5) is 4.39 Å². The highest BCUT2D eigenvalue weighted by molar-refractivity contribution is 6.01. The molecule has 0 spiro atoms. The molecule has 0 N–H and O–H groups in total. The van der Waals surface area contributed by atoms with Crippen LogP contribution in [0.3, 0.4) is 0 Å². The maximum Gasteiger partial charge on any atom is 0.340 e. The molecule has 2 aromatic rings. The second-order valence-corrected chi connectivity index (χ2v) is 7.77. The summed E-state index contributed by atoms with van der Waals surface area (Å²) in [5, 5.41) is 0. The largest absolute Gasteiger partial charge is 0.462 e. The second kappa shape index (κ2) is 10.3. The zero-order chi connectivity index (χ0) is 21.6. The van der Waals surface area contributed by atoms with Crippen molar-refractivity contribution in [3.05, 3.63) is 58.7 Å². The van der Waals surface area contributed by atoms with Crippen LogP contribution in [0.25, 0.3) is 17.2 Å². The Morgan fingerprint density at radius 1 is 1.07 bits per heavy atom. The molecule has 4 heteroatoms. The molecule has 0 saturated heterocycles. The lowest BCUT2D eigenvalue weighted by Crippen LogP contribution is -2.16. The third-order valence-electron chi connectivity index (χ3n) is 4.74. The van der Waals surface area contributed by atoms with E-state index >= 15 is 0 Å². The minimum absolute atomic E-state index is 0.0415. The molecule has 0 radical (unpaired) electrons. The second-order valence-electron chi connectivity index (χ2n) is 7.77. The van der Waals surface area contributed by atoms with Crippen molar-refractivity contribution >= 4 is 12.0 Å². The lowest BCUT2D eigenvalue weighted by Gasteiger charge is -2.22. The van der Waals surface area contributed by atoms with Crippen LogP contribution < -0.4 is 0 Å². The molecule has 0 saturated carbocycles. The standard InChI is InChI=1S/C25H32FNO2/c1-7-9-10-11-20-21(18-12-14-19(26)15-13-18)22(25(28)29-8-2)24(17(5)6)27-23(20)16(3)4/h10-17H,7-9H2,1-6H3/b11-10+. The van der Waals surface area contributed by atoms with E-state index in [1.807, 2.05) is 13.8 Å². The van der Waals surface area contributed by atoms with Gasteiger partial charge in [-0.15, -0.1) is 0 Å². The topological polar surface area (TPSA) is 39.2 Å². The Labute approximate surface area is 174 Å². The number of ether oxygens (including phenoxy) is 1. The lowest BCUT2D eigenvalue weighted by molar-refractivity contribution is 0.0525. The van der Waals surface area contributed by atoms with Gasteiger partial charge in [0.25, 0.3) is 0 Å². The first-order valence-electron chi connectivity index (χ1n) is 10.5. The Morgan fingerprint density at radius 2 is 1.69 bits per heavy atom. The van der Waals surface area contributed by atoms with E-state index in [-0.39, 0.29) is 30.2 Å². The summed E-state index contributed by atoms with van der Waals surface area (Å²) >= 11 is 0. The van der Waals surface area contributed by atoms with E-state index in [0.717, 1.165) is 40.9 Å². The minimum atomic E-state index is -0.386. The molecule has 0 atom stereocenters. The molecule has 0 aliphatic rings. The molecule has 0 bridgehead atoms. The monoisotopic (exact) mass is 397 g/mol. The van der Waals surface area contributed by atoms with Gasteiger partial charge in [-0.1, -0.05) is 65.3 Å². The van der Waals surface area contributed by atoms with Crippen LogP contribution >= 0.6 is 0 Å². The predicted octanol–water partition coefficient (Wildman–Crippen LogP) is 7.12. The van der Waals surface area contributed by atoms with Crippen molar-refractivity contribution in [3.8, 4) is 11.1 Å². The van der Waals surface area contributed by atoms with Crippen molar-refractivity contribution in [3.63, 3.8) is 0 Å². The number of unbranched alkanes of at least 4 members (excludes halogenated alkanes) is 1. The minimum Gasteiger partial charge on any atom is -0.462 e. The molecule has 29 heavy (non-hydrogen) atoms. The molecule has 0 unspecified atom stereocenters. The number of pyridine rings is 1. The normalized spacial score (nSPS) is 11.6. The molecule has 1 aromatic heterocycles. The number of hydrogen-bond donors (Lipinski definition) is 0. The molecule has 156 valence electrons. The van der Waals surface area contributed by atoms with E-state index in [2.05, 4.69) is 32.9 Å². The molecule has 0 amide bonds. The Hall–Kier alpha value is -2.49. The quantitative estimate of drug-likeness (QED) is 0.445. The van der Waals surface area contributed by atoms with Crippen molar-refractivity contribution < 1.29 is 13.9 Å². The number of hydrogen-bond acceptors (Lipinski definition) is 3. The Kier molecular flexibility index (Phi) is 8.12. The number of carbonyl (C=O) groups excluding carboxylic acids is 1. The number of benzene rings is 1. The summed E-state index contributed by atoms with van der Waals surface area (Å²) in [6.45, 7) is 12.4. The number of allylic oxidation sites excluding steroid dienone is 1. The number of nitrogens with zero attached hydrogens (tertiary/aromatic N) is 1. The highest BCUT2D eigenvalue weighted by Crippen LogP contribution is 2.38. The van der Waals surface area contributed by atoms with Gasteiger partial charge in [-0.25, -0.2) is 9.18 Å². The van der Waals surface area contributed by atoms with Crippen LogP contribution in [0, 0.1) is 5.82 Å². The summed E-state index contributed by atoms with van der Waals surface area (Å²) in [5.41, 5.74) is 4.61. The SMILES string of the molecule is CCC/C=C/c1c(C(C)C)nc(C(C)C)c(C(=O)OCC)c1-c1ccc(F)cc1. The van der Waals surface area contributed by atoms with E-state index in [0.29, 0.717) is 5.56 Å². The smallest absolute Gasteiger partial charge is 0.340 e. The molecular formula is C25H32FNO2. The van der Waals surface area contributed by atoms with Crippen molar-refractivity contribution in [1.82, 2.24) is 4.98 Å². The van der Waals surface area contributed by atoms with Gasteiger partial charge in [0.1, 0.15) is 5.82 Å². The first-order valence-corrected chi connectivity index (χ1v) is 10.5. The van der Waals surface area contributed by atoms with Crippen LogP contribution in [-0.4, -0.2) is 17.6 Å². The zero-order valence-corrected chi connectivity index (χ0v) is 18.4. The summed E-state index contributed by atoms with van der Waals surface area (Å²) in [6, 6.07) is 6.29. The van der Waals surface area contributed by atoms with E-state index in [9.17, 15) is 9.18 Å². The maximum atomic E-state index is 13.6. The van der Waals surface area contributed by atoms with Crippen molar-refractivity contribution in [2.75, 3.05) is 6.61 Å². The molecule has 2 rings (SSSR count). The van der Waals surface area contributed by atoms with E-state index in [1.54, 1.807) is 19.1 Å². The van der Waals surface area contributed by atoms with Crippen LogP contribution in [0.1, 0.15) is 93.5 Å².